The minimum absolute atomic E-state index is 0.174. The van der Waals surface area contributed by atoms with E-state index in [1.807, 2.05) is 59.9 Å². The Hall–Kier alpha value is -2.66. The fourth-order valence-electron chi connectivity index (χ4n) is 3.00. The summed E-state index contributed by atoms with van der Waals surface area (Å²) in [5.41, 5.74) is 4.24. The van der Waals surface area contributed by atoms with Gasteiger partial charge in [-0.1, -0.05) is 31.5 Å². The molecule has 5 heteroatoms. The molecule has 3 aromatic rings. The number of nitrogens with zero attached hydrogens (tertiary/aromatic N) is 3. The number of fused-ring (bicyclic) bond motifs is 1. The van der Waals surface area contributed by atoms with Gasteiger partial charge >= 0.3 is 0 Å². The van der Waals surface area contributed by atoms with Crippen LogP contribution < -0.4 is 5.32 Å². The molecule has 2 aromatic heterocycles. The minimum atomic E-state index is -0.174. The standard InChI is InChI=1S/C21H26N4O/c1-4-5-8-16-10-12-17(13-11-16)22-21(26)20-18(15-24(2)3)25-14-7-6-9-19(25)23-20/h6-7,9-14H,4-5,8,15H2,1-3H3,(H,22,26). The topological polar surface area (TPSA) is 49.6 Å². The number of benzene rings is 1. The molecule has 0 aliphatic rings. The van der Waals surface area contributed by atoms with Crippen LogP contribution in [0.5, 0.6) is 0 Å². The number of imidazole rings is 1. The van der Waals surface area contributed by atoms with Crippen molar-refractivity contribution in [2.75, 3.05) is 19.4 Å². The van der Waals surface area contributed by atoms with Gasteiger partial charge in [-0.2, -0.15) is 0 Å². The Bertz CT molecular complexity index is 881. The number of hydrogen-bond donors (Lipinski definition) is 1. The number of rotatable bonds is 7. The van der Waals surface area contributed by atoms with E-state index in [-0.39, 0.29) is 5.91 Å². The summed E-state index contributed by atoms with van der Waals surface area (Å²) in [7, 11) is 3.97. The van der Waals surface area contributed by atoms with Gasteiger partial charge in [0.05, 0.1) is 5.69 Å². The van der Waals surface area contributed by atoms with Gasteiger partial charge in [0.2, 0.25) is 0 Å². The molecular weight excluding hydrogens is 324 g/mol. The molecule has 0 aliphatic heterocycles. The highest BCUT2D eigenvalue weighted by Crippen LogP contribution is 2.17. The molecule has 1 N–H and O–H groups in total. The molecule has 1 amide bonds. The number of pyridine rings is 1. The van der Waals surface area contributed by atoms with Crippen LogP contribution in [0, 0.1) is 0 Å². The minimum Gasteiger partial charge on any atom is -0.321 e. The van der Waals surface area contributed by atoms with E-state index in [4.69, 9.17) is 0 Å². The Balaban J connectivity index is 1.83. The maximum absolute atomic E-state index is 12.8. The van der Waals surface area contributed by atoms with E-state index >= 15 is 0 Å². The number of unbranched alkanes of at least 4 members (excludes halogenated alkanes) is 1. The highest BCUT2D eigenvalue weighted by molar-refractivity contribution is 6.04. The summed E-state index contributed by atoms with van der Waals surface area (Å²) >= 11 is 0. The van der Waals surface area contributed by atoms with Crippen LogP contribution >= 0.6 is 0 Å². The number of hydrogen-bond acceptors (Lipinski definition) is 3. The van der Waals surface area contributed by atoms with Crippen molar-refractivity contribution in [2.24, 2.45) is 0 Å². The second-order valence-electron chi connectivity index (χ2n) is 6.83. The molecule has 3 rings (SSSR count). The molecule has 0 aliphatic carbocycles. The first-order chi connectivity index (χ1) is 12.6. The zero-order valence-electron chi connectivity index (χ0n) is 15.7. The SMILES string of the molecule is CCCCc1ccc(NC(=O)c2nc3ccccn3c2CN(C)C)cc1. The zero-order valence-corrected chi connectivity index (χ0v) is 15.7. The summed E-state index contributed by atoms with van der Waals surface area (Å²) in [6.07, 6.45) is 5.38. The highest BCUT2D eigenvalue weighted by Gasteiger charge is 2.19. The van der Waals surface area contributed by atoms with E-state index in [1.165, 1.54) is 18.4 Å². The monoisotopic (exact) mass is 350 g/mol. The lowest BCUT2D eigenvalue weighted by Crippen LogP contribution is -2.19. The molecule has 5 nitrogen and oxygen atoms in total. The number of aryl methyl sites for hydroxylation is 1. The van der Waals surface area contributed by atoms with E-state index in [9.17, 15) is 4.79 Å². The number of nitrogens with one attached hydrogen (secondary N) is 1. The predicted molar refractivity (Wildman–Crippen MR) is 106 cm³/mol. The molecule has 0 saturated carbocycles. The van der Waals surface area contributed by atoms with Crippen LogP contribution in [0.25, 0.3) is 5.65 Å². The van der Waals surface area contributed by atoms with Crippen LogP contribution in [0.2, 0.25) is 0 Å². The second-order valence-corrected chi connectivity index (χ2v) is 6.83. The van der Waals surface area contributed by atoms with Crippen LogP contribution in [0.15, 0.2) is 48.7 Å². The van der Waals surface area contributed by atoms with Crippen molar-refractivity contribution in [2.45, 2.75) is 32.7 Å². The fourth-order valence-corrected chi connectivity index (χ4v) is 3.00. The van der Waals surface area contributed by atoms with Gasteiger partial charge in [-0.3, -0.25) is 4.79 Å². The van der Waals surface area contributed by atoms with Gasteiger partial charge < -0.3 is 14.6 Å². The zero-order chi connectivity index (χ0) is 18.5. The van der Waals surface area contributed by atoms with Gasteiger partial charge in [-0.25, -0.2) is 4.98 Å². The summed E-state index contributed by atoms with van der Waals surface area (Å²) in [5.74, 6) is -0.174. The molecule has 0 bridgehead atoms. The summed E-state index contributed by atoms with van der Waals surface area (Å²) < 4.78 is 1.97. The smallest absolute Gasteiger partial charge is 0.276 e. The Morgan fingerprint density at radius 3 is 2.62 bits per heavy atom. The van der Waals surface area contributed by atoms with Crippen LogP contribution in [-0.2, 0) is 13.0 Å². The maximum Gasteiger partial charge on any atom is 0.276 e. The number of aromatic nitrogens is 2. The van der Waals surface area contributed by atoms with Gasteiger partial charge in [-0.15, -0.1) is 0 Å². The average molecular weight is 350 g/mol. The number of carbonyl (C=O) groups excluding carboxylic acids is 1. The third kappa shape index (κ3) is 4.11. The molecule has 0 atom stereocenters. The molecule has 0 saturated heterocycles. The van der Waals surface area contributed by atoms with E-state index in [0.717, 1.165) is 23.4 Å². The van der Waals surface area contributed by atoms with Crippen LogP contribution in [0.3, 0.4) is 0 Å². The van der Waals surface area contributed by atoms with Gasteiger partial charge in [0.1, 0.15) is 5.65 Å². The molecule has 0 spiro atoms. The first kappa shape index (κ1) is 18.1. The molecule has 0 radical (unpaired) electrons. The average Bonchev–Trinajstić information content (AvgIpc) is 2.99. The van der Waals surface area contributed by atoms with Gasteiger partial charge in [0.25, 0.3) is 5.91 Å². The Morgan fingerprint density at radius 1 is 1.15 bits per heavy atom. The van der Waals surface area contributed by atoms with Crippen molar-refractivity contribution in [1.29, 1.82) is 0 Å². The summed E-state index contributed by atoms with van der Waals surface area (Å²) in [6.45, 7) is 2.83. The number of amides is 1. The van der Waals surface area contributed by atoms with Crippen molar-refractivity contribution in [1.82, 2.24) is 14.3 Å². The Morgan fingerprint density at radius 2 is 1.92 bits per heavy atom. The molecule has 0 unspecified atom stereocenters. The molecule has 2 heterocycles. The number of carbonyl (C=O) groups is 1. The lowest BCUT2D eigenvalue weighted by atomic mass is 10.1. The van der Waals surface area contributed by atoms with Crippen molar-refractivity contribution in [3.8, 4) is 0 Å². The normalized spacial score (nSPS) is 11.2. The molecule has 136 valence electrons. The molecule has 26 heavy (non-hydrogen) atoms. The van der Waals surface area contributed by atoms with Gasteiger partial charge in [0, 0.05) is 18.4 Å². The third-order valence-corrected chi connectivity index (χ3v) is 4.34. The first-order valence-corrected chi connectivity index (χ1v) is 9.09. The predicted octanol–water partition coefficient (Wildman–Crippen LogP) is 3.99. The van der Waals surface area contributed by atoms with Crippen molar-refractivity contribution in [3.05, 3.63) is 65.6 Å². The van der Waals surface area contributed by atoms with E-state index in [2.05, 4.69) is 29.4 Å². The Kier molecular flexibility index (Phi) is 5.68. The largest absolute Gasteiger partial charge is 0.321 e. The van der Waals surface area contributed by atoms with Gasteiger partial charge in [0.15, 0.2) is 5.69 Å². The van der Waals surface area contributed by atoms with Crippen molar-refractivity contribution < 1.29 is 4.79 Å². The quantitative estimate of drug-likeness (QED) is 0.701. The maximum atomic E-state index is 12.8. The number of anilines is 1. The van der Waals surface area contributed by atoms with Crippen molar-refractivity contribution >= 4 is 17.2 Å². The third-order valence-electron chi connectivity index (χ3n) is 4.34. The van der Waals surface area contributed by atoms with Gasteiger partial charge in [-0.05, 0) is 56.8 Å². The molecule has 0 fully saturated rings. The second kappa shape index (κ2) is 8.15. The summed E-state index contributed by atoms with van der Waals surface area (Å²) in [6, 6.07) is 13.9. The van der Waals surface area contributed by atoms with E-state index in [0.29, 0.717) is 12.2 Å². The fraction of sp³-hybridized carbons (Fsp3) is 0.333. The molecule has 1 aromatic carbocycles. The van der Waals surface area contributed by atoms with Crippen LogP contribution in [-0.4, -0.2) is 34.3 Å². The van der Waals surface area contributed by atoms with Crippen molar-refractivity contribution in [3.63, 3.8) is 0 Å². The Labute approximate surface area is 154 Å². The summed E-state index contributed by atoms with van der Waals surface area (Å²) in [4.78, 5) is 19.4. The molecular formula is C21H26N4O. The van der Waals surface area contributed by atoms with Crippen LogP contribution in [0.1, 0.15) is 41.5 Å². The lowest BCUT2D eigenvalue weighted by molar-refractivity contribution is 0.102. The summed E-state index contributed by atoms with van der Waals surface area (Å²) in [5, 5.41) is 2.98. The van der Waals surface area contributed by atoms with Crippen LogP contribution in [0.4, 0.5) is 5.69 Å². The van der Waals surface area contributed by atoms with E-state index < -0.39 is 0 Å². The highest BCUT2D eigenvalue weighted by atomic mass is 16.1. The first-order valence-electron chi connectivity index (χ1n) is 9.09. The van der Waals surface area contributed by atoms with E-state index in [1.54, 1.807) is 0 Å². The lowest BCUT2D eigenvalue weighted by Gasteiger charge is -2.11.